The first-order chi connectivity index (χ1) is 9.95. The van der Waals surface area contributed by atoms with Crippen LogP contribution in [0, 0.1) is 0 Å². The fourth-order valence-corrected chi connectivity index (χ4v) is 1.90. The van der Waals surface area contributed by atoms with E-state index in [1.807, 2.05) is 0 Å². The Balaban J connectivity index is 2.15. The molecule has 2 rings (SSSR count). The second-order valence-corrected chi connectivity index (χ2v) is 4.80. The number of benzene rings is 1. The lowest BCUT2D eigenvalue weighted by molar-refractivity contribution is -0.114. The molecule has 0 spiro atoms. The van der Waals surface area contributed by atoms with E-state index in [2.05, 4.69) is 10.3 Å². The molecule has 108 valence electrons. The van der Waals surface area contributed by atoms with Gasteiger partial charge >= 0.3 is 5.69 Å². The first kappa shape index (κ1) is 14.9. The van der Waals surface area contributed by atoms with Gasteiger partial charge in [0.1, 0.15) is 0 Å². The highest BCUT2D eigenvalue weighted by atomic mass is 35.5. The Hall–Kier alpha value is -2.47. The molecule has 6 nitrogen and oxygen atoms in total. The molecule has 1 aromatic heterocycles. The standard InChI is InChI=1S/C14H12ClN3O3/c1-9(19)17-12-4-2-10(3-5-12)13(20)8-18-7-11(15)6-16-14(18)21/h2-7H,8H2,1H3,(H,17,19). The first-order valence-electron chi connectivity index (χ1n) is 6.08. The summed E-state index contributed by atoms with van der Waals surface area (Å²) < 4.78 is 1.15. The van der Waals surface area contributed by atoms with Crippen molar-refractivity contribution in [1.29, 1.82) is 0 Å². The van der Waals surface area contributed by atoms with E-state index in [-0.39, 0.29) is 23.3 Å². The van der Waals surface area contributed by atoms with Gasteiger partial charge in [0.2, 0.25) is 5.91 Å². The minimum absolute atomic E-state index is 0.147. The number of Topliss-reactive ketones (excluding diaryl/α,β-unsaturated/α-hetero) is 1. The van der Waals surface area contributed by atoms with Crippen LogP contribution in [0.5, 0.6) is 0 Å². The van der Waals surface area contributed by atoms with E-state index < -0.39 is 5.69 Å². The molecule has 1 N–H and O–H groups in total. The fourth-order valence-electron chi connectivity index (χ4n) is 1.73. The number of hydrogen-bond donors (Lipinski definition) is 1. The normalized spacial score (nSPS) is 10.2. The number of nitrogens with one attached hydrogen (secondary N) is 1. The minimum Gasteiger partial charge on any atom is -0.326 e. The molecule has 0 unspecified atom stereocenters. The summed E-state index contributed by atoms with van der Waals surface area (Å²) in [5.41, 5.74) is 0.485. The van der Waals surface area contributed by atoms with Crippen molar-refractivity contribution >= 4 is 29.0 Å². The number of ketones is 1. The summed E-state index contributed by atoms with van der Waals surface area (Å²) in [5.74, 6) is -0.443. The van der Waals surface area contributed by atoms with Crippen LogP contribution in [0.3, 0.4) is 0 Å². The van der Waals surface area contributed by atoms with Gasteiger partial charge in [-0.25, -0.2) is 9.78 Å². The van der Waals surface area contributed by atoms with Crippen molar-refractivity contribution in [3.05, 3.63) is 57.7 Å². The molecule has 0 aliphatic rings. The molecule has 0 atom stereocenters. The number of hydrogen-bond acceptors (Lipinski definition) is 4. The number of anilines is 1. The summed E-state index contributed by atoms with van der Waals surface area (Å²) in [5, 5.41) is 2.89. The van der Waals surface area contributed by atoms with Crippen LogP contribution in [-0.4, -0.2) is 21.2 Å². The van der Waals surface area contributed by atoms with Crippen LogP contribution >= 0.6 is 11.6 Å². The van der Waals surface area contributed by atoms with Crippen molar-refractivity contribution in [2.45, 2.75) is 13.5 Å². The van der Waals surface area contributed by atoms with E-state index in [0.717, 1.165) is 4.57 Å². The van der Waals surface area contributed by atoms with Crippen molar-refractivity contribution in [3.63, 3.8) is 0 Å². The largest absolute Gasteiger partial charge is 0.348 e. The van der Waals surface area contributed by atoms with Gasteiger partial charge < -0.3 is 5.32 Å². The second-order valence-electron chi connectivity index (χ2n) is 4.36. The van der Waals surface area contributed by atoms with Crippen LogP contribution in [0.25, 0.3) is 0 Å². The van der Waals surface area contributed by atoms with Crippen LogP contribution in [0.1, 0.15) is 17.3 Å². The van der Waals surface area contributed by atoms with Crippen molar-refractivity contribution in [1.82, 2.24) is 9.55 Å². The van der Waals surface area contributed by atoms with Crippen LogP contribution < -0.4 is 11.0 Å². The average Bonchev–Trinajstić information content (AvgIpc) is 2.43. The Kier molecular flexibility index (Phi) is 4.49. The summed E-state index contributed by atoms with van der Waals surface area (Å²) in [6, 6.07) is 6.40. The van der Waals surface area contributed by atoms with Crippen LogP contribution in [-0.2, 0) is 11.3 Å². The summed E-state index contributed by atoms with van der Waals surface area (Å²) in [6.07, 6.45) is 2.59. The molecular weight excluding hydrogens is 294 g/mol. The third kappa shape index (κ3) is 4.00. The molecule has 1 heterocycles. The van der Waals surface area contributed by atoms with Crippen LogP contribution in [0.4, 0.5) is 5.69 Å². The zero-order chi connectivity index (χ0) is 15.4. The van der Waals surface area contributed by atoms with Crippen LogP contribution in [0.2, 0.25) is 5.02 Å². The molecule has 0 aliphatic carbocycles. The lowest BCUT2D eigenvalue weighted by Gasteiger charge is -2.06. The SMILES string of the molecule is CC(=O)Nc1ccc(C(=O)Cn2cc(Cl)cnc2=O)cc1. The third-order valence-electron chi connectivity index (χ3n) is 2.66. The lowest BCUT2D eigenvalue weighted by Crippen LogP contribution is -2.25. The zero-order valence-corrected chi connectivity index (χ0v) is 11.9. The third-order valence-corrected chi connectivity index (χ3v) is 2.86. The molecule has 0 aliphatic heterocycles. The van der Waals surface area contributed by atoms with E-state index in [0.29, 0.717) is 11.3 Å². The molecule has 0 fully saturated rings. The lowest BCUT2D eigenvalue weighted by atomic mass is 10.1. The topological polar surface area (TPSA) is 81.1 Å². The van der Waals surface area contributed by atoms with Gasteiger partial charge in [-0.1, -0.05) is 11.6 Å². The average molecular weight is 306 g/mol. The minimum atomic E-state index is -0.539. The fraction of sp³-hybridized carbons (Fsp3) is 0.143. The summed E-state index contributed by atoms with van der Waals surface area (Å²) in [6.45, 7) is 1.25. The first-order valence-corrected chi connectivity index (χ1v) is 6.46. The number of carbonyl (C=O) groups is 2. The van der Waals surface area contributed by atoms with E-state index >= 15 is 0 Å². The summed E-state index contributed by atoms with van der Waals surface area (Å²) >= 11 is 5.74. The number of aromatic nitrogens is 2. The summed E-state index contributed by atoms with van der Waals surface area (Å²) in [4.78, 5) is 38.1. The maximum Gasteiger partial charge on any atom is 0.348 e. The van der Waals surface area contributed by atoms with Crippen molar-refractivity contribution in [2.24, 2.45) is 0 Å². The van der Waals surface area contributed by atoms with Crippen molar-refractivity contribution in [3.8, 4) is 0 Å². The number of nitrogens with zero attached hydrogens (tertiary/aromatic N) is 2. The smallest absolute Gasteiger partial charge is 0.326 e. The number of carbonyl (C=O) groups excluding carboxylic acids is 2. The second kappa shape index (κ2) is 6.32. The van der Waals surface area contributed by atoms with Crippen LogP contribution in [0.15, 0.2) is 41.5 Å². The molecule has 0 radical (unpaired) electrons. The van der Waals surface area contributed by atoms with E-state index in [1.165, 1.54) is 19.3 Å². The Morgan fingerprint density at radius 3 is 2.57 bits per heavy atom. The van der Waals surface area contributed by atoms with Gasteiger partial charge in [0.05, 0.1) is 17.8 Å². The Morgan fingerprint density at radius 1 is 1.29 bits per heavy atom. The van der Waals surface area contributed by atoms with Gasteiger partial charge in [-0.3, -0.25) is 14.2 Å². The highest BCUT2D eigenvalue weighted by Gasteiger charge is 2.09. The summed E-state index contributed by atoms with van der Waals surface area (Å²) in [7, 11) is 0. The molecule has 0 saturated heterocycles. The van der Waals surface area contributed by atoms with Gasteiger partial charge in [0.15, 0.2) is 5.78 Å². The maximum absolute atomic E-state index is 12.1. The molecule has 0 bridgehead atoms. The Bertz CT molecular complexity index is 738. The van der Waals surface area contributed by atoms with Gasteiger partial charge in [-0.2, -0.15) is 0 Å². The van der Waals surface area contributed by atoms with E-state index in [9.17, 15) is 14.4 Å². The zero-order valence-electron chi connectivity index (χ0n) is 11.2. The molecule has 1 aromatic carbocycles. The van der Waals surface area contributed by atoms with Crippen molar-refractivity contribution < 1.29 is 9.59 Å². The van der Waals surface area contributed by atoms with Gasteiger partial charge in [-0.15, -0.1) is 0 Å². The Morgan fingerprint density at radius 2 is 1.95 bits per heavy atom. The molecule has 0 saturated carbocycles. The van der Waals surface area contributed by atoms with Gasteiger partial charge in [0, 0.05) is 24.4 Å². The highest BCUT2D eigenvalue weighted by molar-refractivity contribution is 6.30. The quantitative estimate of drug-likeness (QED) is 0.872. The molecular formula is C14H12ClN3O3. The number of rotatable bonds is 4. The Labute approximate surface area is 125 Å². The van der Waals surface area contributed by atoms with E-state index in [1.54, 1.807) is 24.3 Å². The molecule has 7 heteroatoms. The molecule has 21 heavy (non-hydrogen) atoms. The molecule has 1 amide bonds. The monoisotopic (exact) mass is 305 g/mol. The highest BCUT2D eigenvalue weighted by Crippen LogP contribution is 2.11. The predicted molar refractivity (Wildman–Crippen MR) is 78.6 cm³/mol. The number of halogens is 1. The predicted octanol–water partition coefficient (Wildman–Crippen LogP) is 1.74. The molecule has 2 aromatic rings. The van der Waals surface area contributed by atoms with Crippen molar-refractivity contribution in [2.75, 3.05) is 5.32 Å². The van der Waals surface area contributed by atoms with E-state index in [4.69, 9.17) is 11.6 Å². The van der Waals surface area contributed by atoms with Gasteiger partial charge in [-0.05, 0) is 24.3 Å². The maximum atomic E-state index is 12.1. The number of amides is 1. The van der Waals surface area contributed by atoms with Gasteiger partial charge in [0.25, 0.3) is 0 Å².